The van der Waals surface area contributed by atoms with E-state index in [1.807, 2.05) is 77.4 Å². The normalized spacial score (nSPS) is 11.5. The summed E-state index contributed by atoms with van der Waals surface area (Å²) < 4.78 is 2.04. The topological polar surface area (TPSA) is 69.4 Å². The van der Waals surface area contributed by atoms with E-state index < -0.39 is 0 Å². The number of aromatic nitrogens is 6. The van der Waals surface area contributed by atoms with Gasteiger partial charge in [0.15, 0.2) is 11.6 Å². The Hall–Kier alpha value is -4.97. The van der Waals surface area contributed by atoms with Crippen LogP contribution >= 0.6 is 0 Å². The van der Waals surface area contributed by atoms with Crippen LogP contribution in [0.25, 0.3) is 51.4 Å². The third-order valence-electron chi connectivity index (χ3n) is 6.61. The second kappa shape index (κ2) is 10.1. The maximum absolute atomic E-state index is 4.97. The molecule has 0 bridgehead atoms. The van der Waals surface area contributed by atoms with Gasteiger partial charge in [0.05, 0.1) is 17.1 Å². The van der Waals surface area contributed by atoms with Gasteiger partial charge in [-0.25, -0.2) is 9.97 Å². The SMILES string of the molecule is CC(C)(C)c1ccc(-n2c(-c3cccc(-c4ccccc4)n3)nnc2-c2cccc(-c3ccccn3)n2)cc1. The van der Waals surface area contributed by atoms with E-state index in [-0.39, 0.29) is 5.41 Å². The van der Waals surface area contributed by atoms with Crippen LogP contribution < -0.4 is 0 Å². The van der Waals surface area contributed by atoms with Crippen LogP contribution in [0.2, 0.25) is 0 Å². The number of hydrogen-bond donors (Lipinski definition) is 0. The highest BCUT2D eigenvalue weighted by atomic mass is 15.3. The zero-order chi connectivity index (χ0) is 26.8. The molecule has 0 spiro atoms. The molecule has 0 atom stereocenters. The van der Waals surface area contributed by atoms with Crippen molar-refractivity contribution in [1.82, 2.24) is 29.7 Å². The van der Waals surface area contributed by atoms with Crippen LogP contribution in [0.1, 0.15) is 26.3 Å². The van der Waals surface area contributed by atoms with Gasteiger partial charge in [-0.15, -0.1) is 10.2 Å². The second-order valence-corrected chi connectivity index (χ2v) is 10.4. The van der Waals surface area contributed by atoms with Crippen molar-refractivity contribution in [2.45, 2.75) is 26.2 Å². The third-order valence-corrected chi connectivity index (χ3v) is 6.61. The van der Waals surface area contributed by atoms with Gasteiger partial charge in [0, 0.05) is 17.4 Å². The fourth-order valence-corrected chi connectivity index (χ4v) is 4.52. The number of benzene rings is 2. The smallest absolute Gasteiger partial charge is 0.187 e. The molecule has 4 heterocycles. The highest BCUT2D eigenvalue weighted by Gasteiger charge is 2.21. The lowest BCUT2D eigenvalue weighted by molar-refractivity contribution is 0.590. The zero-order valence-corrected chi connectivity index (χ0v) is 22.2. The van der Waals surface area contributed by atoms with E-state index >= 15 is 0 Å². The van der Waals surface area contributed by atoms with Crippen LogP contribution in [0.15, 0.2) is 115 Å². The maximum atomic E-state index is 4.97. The Morgan fingerprint density at radius 2 is 1.08 bits per heavy atom. The summed E-state index contributed by atoms with van der Waals surface area (Å²) in [5, 5.41) is 9.28. The van der Waals surface area contributed by atoms with Crippen LogP contribution in [0.4, 0.5) is 0 Å². The minimum absolute atomic E-state index is 0.0432. The Morgan fingerprint density at radius 3 is 1.69 bits per heavy atom. The van der Waals surface area contributed by atoms with E-state index in [0.29, 0.717) is 17.3 Å². The summed E-state index contributed by atoms with van der Waals surface area (Å²) in [6, 6.07) is 36.4. The van der Waals surface area contributed by atoms with E-state index in [1.165, 1.54) is 5.56 Å². The fourth-order valence-electron chi connectivity index (χ4n) is 4.52. The molecule has 0 fully saturated rings. The number of nitrogens with zero attached hydrogens (tertiary/aromatic N) is 6. The van der Waals surface area contributed by atoms with E-state index in [4.69, 9.17) is 9.97 Å². The molecule has 6 rings (SSSR count). The molecule has 0 saturated carbocycles. The Morgan fingerprint density at radius 1 is 0.513 bits per heavy atom. The van der Waals surface area contributed by atoms with Crippen molar-refractivity contribution in [3.63, 3.8) is 0 Å². The summed E-state index contributed by atoms with van der Waals surface area (Å²) >= 11 is 0. The summed E-state index contributed by atoms with van der Waals surface area (Å²) in [6.45, 7) is 6.64. The Balaban J connectivity index is 1.52. The third kappa shape index (κ3) is 4.97. The molecule has 6 heteroatoms. The van der Waals surface area contributed by atoms with E-state index in [1.54, 1.807) is 6.20 Å². The fraction of sp³-hybridized carbons (Fsp3) is 0.121. The standard InChI is InChI=1S/C33H28N6/c1-33(2,3)24-18-20-25(21-19-24)39-31(29-16-9-14-26(35-29)23-11-5-4-6-12-23)37-38-32(39)30-17-10-15-28(36-30)27-13-7-8-22-34-27/h4-22H,1-3H3. The molecule has 190 valence electrons. The Bertz CT molecular complexity index is 1620. The average molecular weight is 509 g/mol. The second-order valence-electron chi connectivity index (χ2n) is 10.4. The average Bonchev–Trinajstić information content (AvgIpc) is 3.43. The number of hydrogen-bond acceptors (Lipinski definition) is 5. The van der Waals surface area contributed by atoms with Gasteiger partial charge in [0.2, 0.25) is 0 Å². The molecule has 39 heavy (non-hydrogen) atoms. The minimum Gasteiger partial charge on any atom is -0.272 e. The molecule has 0 aliphatic rings. The first-order chi connectivity index (χ1) is 19.0. The van der Waals surface area contributed by atoms with Crippen molar-refractivity contribution in [3.05, 3.63) is 121 Å². The molecule has 0 aliphatic carbocycles. The quantitative estimate of drug-likeness (QED) is 0.242. The van der Waals surface area contributed by atoms with Gasteiger partial charge in [0.25, 0.3) is 0 Å². The maximum Gasteiger partial charge on any atom is 0.187 e. The van der Waals surface area contributed by atoms with Gasteiger partial charge >= 0.3 is 0 Å². The van der Waals surface area contributed by atoms with Crippen molar-refractivity contribution in [1.29, 1.82) is 0 Å². The van der Waals surface area contributed by atoms with Gasteiger partial charge in [-0.1, -0.05) is 81.4 Å². The molecule has 6 aromatic rings. The summed E-state index contributed by atoms with van der Waals surface area (Å²) in [6.07, 6.45) is 1.77. The molecule has 0 saturated heterocycles. The van der Waals surface area contributed by atoms with Gasteiger partial charge in [0.1, 0.15) is 11.4 Å². The summed E-state index contributed by atoms with van der Waals surface area (Å²) in [5.74, 6) is 1.29. The lowest BCUT2D eigenvalue weighted by atomic mass is 9.87. The lowest BCUT2D eigenvalue weighted by Gasteiger charge is -2.19. The Kier molecular flexibility index (Phi) is 6.29. The summed E-state index contributed by atoms with van der Waals surface area (Å²) in [5.41, 5.74) is 7.17. The van der Waals surface area contributed by atoms with Crippen molar-refractivity contribution in [2.75, 3.05) is 0 Å². The van der Waals surface area contributed by atoms with E-state index in [0.717, 1.165) is 34.0 Å². The lowest BCUT2D eigenvalue weighted by Crippen LogP contribution is -2.11. The van der Waals surface area contributed by atoms with Crippen molar-refractivity contribution >= 4 is 0 Å². The minimum atomic E-state index is 0.0432. The first kappa shape index (κ1) is 24.4. The number of pyridine rings is 3. The van der Waals surface area contributed by atoms with Crippen molar-refractivity contribution < 1.29 is 0 Å². The number of rotatable bonds is 5. The van der Waals surface area contributed by atoms with Crippen LogP contribution in [-0.4, -0.2) is 29.7 Å². The molecule has 0 unspecified atom stereocenters. The monoisotopic (exact) mass is 508 g/mol. The molecule has 0 radical (unpaired) electrons. The van der Waals surface area contributed by atoms with Gasteiger partial charge in [-0.05, 0) is 59.5 Å². The first-order valence-electron chi connectivity index (χ1n) is 13.0. The van der Waals surface area contributed by atoms with Crippen LogP contribution in [0.5, 0.6) is 0 Å². The van der Waals surface area contributed by atoms with Crippen molar-refractivity contribution in [3.8, 4) is 51.4 Å². The molecular formula is C33H28N6. The molecule has 6 nitrogen and oxygen atoms in total. The van der Waals surface area contributed by atoms with Crippen LogP contribution in [-0.2, 0) is 5.41 Å². The van der Waals surface area contributed by atoms with Gasteiger partial charge in [-0.2, -0.15) is 0 Å². The summed E-state index contributed by atoms with van der Waals surface area (Å²) in [7, 11) is 0. The predicted molar refractivity (Wildman–Crippen MR) is 155 cm³/mol. The van der Waals surface area contributed by atoms with E-state index in [2.05, 4.69) is 72.4 Å². The molecule has 0 aliphatic heterocycles. The van der Waals surface area contributed by atoms with Crippen LogP contribution in [0, 0.1) is 0 Å². The van der Waals surface area contributed by atoms with Crippen LogP contribution in [0.3, 0.4) is 0 Å². The van der Waals surface area contributed by atoms with Crippen molar-refractivity contribution in [2.24, 2.45) is 0 Å². The van der Waals surface area contributed by atoms with Gasteiger partial charge < -0.3 is 0 Å². The molecule has 4 aromatic heterocycles. The highest BCUT2D eigenvalue weighted by Crippen LogP contribution is 2.31. The first-order valence-corrected chi connectivity index (χ1v) is 13.0. The molecular weight excluding hydrogens is 480 g/mol. The predicted octanol–water partition coefficient (Wildman–Crippen LogP) is 7.42. The summed E-state index contributed by atoms with van der Waals surface area (Å²) in [4.78, 5) is 14.4. The largest absolute Gasteiger partial charge is 0.272 e. The molecule has 2 aromatic carbocycles. The molecule has 0 amide bonds. The van der Waals surface area contributed by atoms with E-state index in [9.17, 15) is 0 Å². The molecule has 0 N–H and O–H groups in total. The zero-order valence-electron chi connectivity index (χ0n) is 22.2. The Labute approximate surface area is 228 Å². The van der Waals surface area contributed by atoms with Gasteiger partial charge in [-0.3, -0.25) is 9.55 Å². The highest BCUT2D eigenvalue weighted by molar-refractivity contribution is 5.68.